The van der Waals surface area contributed by atoms with Gasteiger partial charge in [0, 0.05) is 25.2 Å². The van der Waals surface area contributed by atoms with E-state index in [4.69, 9.17) is 15.2 Å². The second-order valence-electron chi connectivity index (χ2n) is 6.28. The molecule has 2 aliphatic rings. The van der Waals surface area contributed by atoms with Crippen molar-refractivity contribution in [3.63, 3.8) is 0 Å². The third kappa shape index (κ3) is 3.75. The lowest BCUT2D eigenvalue weighted by atomic mass is 10.0. The Hall–Kier alpha value is -2.57. The van der Waals surface area contributed by atoms with Crippen LogP contribution in [-0.2, 0) is 4.79 Å². The minimum Gasteiger partial charge on any atom is -0.493 e. The van der Waals surface area contributed by atoms with E-state index in [1.807, 2.05) is 11.1 Å². The van der Waals surface area contributed by atoms with Crippen molar-refractivity contribution in [1.29, 1.82) is 0 Å². The first-order chi connectivity index (χ1) is 12.1. The highest BCUT2D eigenvalue weighted by molar-refractivity contribution is 6.03. The molecule has 0 bridgehead atoms. The highest BCUT2D eigenvalue weighted by Gasteiger charge is 2.31. The summed E-state index contributed by atoms with van der Waals surface area (Å²) in [5.74, 6) is 0.618. The van der Waals surface area contributed by atoms with Crippen LogP contribution in [0.3, 0.4) is 0 Å². The molecule has 0 radical (unpaired) electrons. The molecule has 134 valence electrons. The first-order valence-corrected chi connectivity index (χ1v) is 8.58. The Balaban J connectivity index is 1.84. The van der Waals surface area contributed by atoms with Crippen molar-refractivity contribution in [3.8, 4) is 11.5 Å². The van der Waals surface area contributed by atoms with E-state index in [0.29, 0.717) is 35.8 Å². The highest BCUT2D eigenvalue weighted by Crippen LogP contribution is 2.37. The second-order valence-corrected chi connectivity index (χ2v) is 6.28. The Morgan fingerprint density at radius 1 is 1.36 bits per heavy atom. The van der Waals surface area contributed by atoms with E-state index in [2.05, 4.69) is 4.99 Å². The lowest BCUT2D eigenvalue weighted by molar-refractivity contribution is -0.118. The minimum atomic E-state index is -0.357. The Labute approximate surface area is 146 Å². The summed E-state index contributed by atoms with van der Waals surface area (Å²) in [7, 11) is 1.53. The maximum Gasteiger partial charge on any atom is 0.256 e. The van der Waals surface area contributed by atoms with Gasteiger partial charge < -0.3 is 20.1 Å². The number of hydrogen-bond acceptors (Lipinski definition) is 5. The Bertz CT molecular complexity index is 702. The summed E-state index contributed by atoms with van der Waals surface area (Å²) < 4.78 is 11.1. The molecule has 7 heteroatoms. The molecular formula is C18H23N3O4. The van der Waals surface area contributed by atoms with Crippen LogP contribution in [0.5, 0.6) is 11.5 Å². The van der Waals surface area contributed by atoms with Gasteiger partial charge in [0.2, 0.25) is 5.91 Å². The molecule has 0 spiro atoms. The third-order valence-electron chi connectivity index (χ3n) is 4.53. The van der Waals surface area contributed by atoms with Gasteiger partial charge in [-0.05, 0) is 31.7 Å². The van der Waals surface area contributed by atoms with Crippen molar-refractivity contribution in [2.75, 3.05) is 20.3 Å². The molecule has 3 rings (SSSR count). The van der Waals surface area contributed by atoms with E-state index < -0.39 is 0 Å². The third-order valence-corrected chi connectivity index (χ3v) is 4.53. The van der Waals surface area contributed by atoms with Gasteiger partial charge in [0.1, 0.15) is 0 Å². The van der Waals surface area contributed by atoms with Crippen molar-refractivity contribution in [2.24, 2.45) is 10.7 Å². The number of carbonyl (C=O) groups excluding carboxylic acids is 2. The van der Waals surface area contributed by atoms with E-state index in [0.717, 1.165) is 25.8 Å². The van der Waals surface area contributed by atoms with Crippen LogP contribution in [0.15, 0.2) is 17.1 Å². The normalized spacial score (nSPS) is 19.0. The van der Waals surface area contributed by atoms with Gasteiger partial charge in [-0.1, -0.05) is 0 Å². The van der Waals surface area contributed by atoms with Crippen LogP contribution in [0.25, 0.3) is 0 Å². The van der Waals surface area contributed by atoms with Crippen LogP contribution in [0, 0.1) is 0 Å². The highest BCUT2D eigenvalue weighted by atomic mass is 16.5. The van der Waals surface area contributed by atoms with Crippen LogP contribution in [0.1, 0.15) is 42.5 Å². The number of fused-ring (bicyclic) bond motifs is 2. The molecule has 1 aromatic rings. The fourth-order valence-electron chi connectivity index (χ4n) is 3.21. The topological polar surface area (TPSA) is 94.2 Å². The Morgan fingerprint density at radius 2 is 2.20 bits per heavy atom. The van der Waals surface area contributed by atoms with Gasteiger partial charge in [0.25, 0.3) is 5.91 Å². The number of carbonyl (C=O) groups is 2. The van der Waals surface area contributed by atoms with E-state index in [9.17, 15) is 9.59 Å². The predicted octanol–water partition coefficient (Wildman–Crippen LogP) is 2.05. The zero-order chi connectivity index (χ0) is 17.8. The fourth-order valence-corrected chi connectivity index (χ4v) is 3.21. The van der Waals surface area contributed by atoms with Gasteiger partial charge in [0.15, 0.2) is 11.5 Å². The van der Waals surface area contributed by atoms with E-state index >= 15 is 0 Å². The molecule has 0 aliphatic carbocycles. The molecule has 1 atom stereocenters. The number of piperidine rings is 1. The van der Waals surface area contributed by atoms with Gasteiger partial charge in [0.05, 0.1) is 31.0 Å². The number of amides is 2. The summed E-state index contributed by atoms with van der Waals surface area (Å²) in [6.45, 7) is 1.09. The largest absolute Gasteiger partial charge is 0.493 e. The molecule has 2 N–H and O–H groups in total. The molecule has 2 amide bonds. The van der Waals surface area contributed by atoms with Crippen molar-refractivity contribution >= 4 is 23.7 Å². The first-order valence-electron chi connectivity index (χ1n) is 8.58. The second kappa shape index (κ2) is 7.55. The molecule has 0 aromatic heterocycles. The van der Waals surface area contributed by atoms with Crippen LogP contribution >= 0.6 is 0 Å². The summed E-state index contributed by atoms with van der Waals surface area (Å²) in [5.41, 5.74) is 6.25. The summed E-state index contributed by atoms with van der Waals surface area (Å²) >= 11 is 0. The molecule has 25 heavy (non-hydrogen) atoms. The van der Waals surface area contributed by atoms with Crippen molar-refractivity contribution in [3.05, 3.63) is 17.7 Å². The smallest absolute Gasteiger partial charge is 0.256 e. The lowest BCUT2D eigenvalue weighted by Gasteiger charge is -2.32. The number of nitrogens with two attached hydrogens (primary N) is 1. The van der Waals surface area contributed by atoms with Crippen LogP contribution < -0.4 is 15.2 Å². The number of nitrogens with zero attached hydrogens (tertiary/aromatic N) is 2. The summed E-state index contributed by atoms with van der Waals surface area (Å²) in [6.07, 6.45) is 5.70. The van der Waals surface area contributed by atoms with Gasteiger partial charge >= 0.3 is 0 Å². The number of ether oxygens (including phenoxy) is 2. The van der Waals surface area contributed by atoms with Crippen LogP contribution in [0.4, 0.5) is 5.69 Å². The number of rotatable bonds is 6. The molecule has 2 aliphatic heterocycles. The van der Waals surface area contributed by atoms with Crippen molar-refractivity contribution in [2.45, 2.75) is 38.1 Å². The Morgan fingerprint density at radius 3 is 2.96 bits per heavy atom. The SMILES string of the molecule is COc1cc2c(cc1OCCCC(N)=O)N=C[C@@H]1CCCCN1C2=O. The molecule has 7 nitrogen and oxygen atoms in total. The van der Waals surface area contributed by atoms with Gasteiger partial charge in [-0.25, -0.2) is 0 Å². The number of methoxy groups -OCH3 is 1. The maximum absolute atomic E-state index is 12.9. The average Bonchev–Trinajstić information content (AvgIpc) is 2.75. The molecule has 1 aromatic carbocycles. The molecule has 1 fully saturated rings. The van der Waals surface area contributed by atoms with Crippen molar-refractivity contribution < 1.29 is 19.1 Å². The average molecular weight is 345 g/mol. The zero-order valence-corrected chi connectivity index (χ0v) is 14.4. The summed E-state index contributed by atoms with van der Waals surface area (Å²) in [6, 6.07) is 3.47. The first kappa shape index (κ1) is 17.3. The number of primary amides is 1. The fraction of sp³-hybridized carbons (Fsp3) is 0.500. The van der Waals surface area contributed by atoms with E-state index in [1.165, 1.54) is 7.11 Å². The molecule has 1 saturated heterocycles. The lowest BCUT2D eigenvalue weighted by Crippen LogP contribution is -2.43. The standard InChI is InChI=1S/C18H23N3O4/c1-24-15-9-13-14(10-16(15)25-8-4-6-17(19)22)20-11-12-5-2-3-7-21(12)18(13)23/h9-12H,2-8H2,1H3,(H2,19,22)/t12-/m0/s1. The van der Waals surface area contributed by atoms with Crippen LogP contribution in [-0.4, -0.2) is 49.2 Å². The molecule has 0 unspecified atom stereocenters. The summed E-state index contributed by atoms with van der Waals surface area (Å²) in [5, 5.41) is 0. The van der Waals surface area contributed by atoms with E-state index in [1.54, 1.807) is 12.1 Å². The zero-order valence-electron chi connectivity index (χ0n) is 14.4. The van der Waals surface area contributed by atoms with E-state index in [-0.39, 0.29) is 24.3 Å². The number of benzene rings is 1. The van der Waals surface area contributed by atoms with Gasteiger partial charge in [-0.3, -0.25) is 14.6 Å². The monoisotopic (exact) mass is 345 g/mol. The molecular weight excluding hydrogens is 322 g/mol. The minimum absolute atomic E-state index is 0.0178. The molecule has 0 saturated carbocycles. The predicted molar refractivity (Wildman–Crippen MR) is 93.7 cm³/mol. The van der Waals surface area contributed by atoms with Crippen molar-refractivity contribution in [1.82, 2.24) is 4.90 Å². The Kier molecular flexibility index (Phi) is 5.21. The summed E-state index contributed by atoms with van der Waals surface area (Å²) in [4.78, 5) is 30.1. The van der Waals surface area contributed by atoms with Gasteiger partial charge in [-0.2, -0.15) is 0 Å². The number of hydrogen-bond donors (Lipinski definition) is 1. The number of aliphatic imine (C=N–C) groups is 1. The maximum atomic E-state index is 12.9. The van der Waals surface area contributed by atoms with Crippen LogP contribution in [0.2, 0.25) is 0 Å². The van der Waals surface area contributed by atoms with Gasteiger partial charge in [-0.15, -0.1) is 0 Å². The molecule has 2 heterocycles. The quantitative estimate of drug-likeness (QED) is 0.798.